The van der Waals surface area contributed by atoms with Crippen LogP contribution in [0.1, 0.15) is 61.1 Å². The summed E-state index contributed by atoms with van der Waals surface area (Å²) in [4.78, 5) is 0. The molecule has 94 valence electrons. The summed E-state index contributed by atoms with van der Waals surface area (Å²) < 4.78 is 89.8. The fraction of sp³-hybridized carbons (Fsp3) is 0.692. The average molecular weight is 245 g/mol. The van der Waals surface area contributed by atoms with E-state index in [1.807, 2.05) is 0 Å². The standard InChI is InChI=1S/C13H22BNO2/c1-10(2)15-8-7-11(9-15)14-16-12(3,4)13(5,6)17-14/h7-10H,1-6H3/i1D3,2D3,7D,8D,9D,10D. The summed E-state index contributed by atoms with van der Waals surface area (Å²) in [5.74, 6) is 0. The number of hydrogen-bond acceptors (Lipinski definition) is 2. The van der Waals surface area contributed by atoms with Gasteiger partial charge in [0.1, 0.15) is 0 Å². The summed E-state index contributed by atoms with van der Waals surface area (Å²) in [5.41, 5.74) is -1.93. The van der Waals surface area contributed by atoms with Gasteiger partial charge in [-0.2, -0.15) is 0 Å². The number of hydrogen-bond donors (Lipinski definition) is 0. The minimum Gasteiger partial charge on any atom is -0.399 e. The Labute approximate surface area is 118 Å². The summed E-state index contributed by atoms with van der Waals surface area (Å²) in [7, 11) is -1.27. The molecule has 17 heavy (non-hydrogen) atoms. The van der Waals surface area contributed by atoms with Gasteiger partial charge in [-0.05, 0) is 47.4 Å². The monoisotopic (exact) mass is 245 g/mol. The van der Waals surface area contributed by atoms with E-state index in [-0.39, 0.29) is 10.0 Å². The summed E-state index contributed by atoms with van der Waals surface area (Å²) in [6, 6.07) is -3.92. The maximum absolute atomic E-state index is 8.29. The lowest BCUT2D eigenvalue weighted by Crippen LogP contribution is -2.41. The summed E-state index contributed by atoms with van der Waals surface area (Å²) >= 11 is 0. The molecule has 0 spiro atoms. The van der Waals surface area contributed by atoms with E-state index in [0.29, 0.717) is 0 Å². The number of aromatic nitrogens is 1. The van der Waals surface area contributed by atoms with Crippen molar-refractivity contribution in [3.05, 3.63) is 18.4 Å². The second-order valence-electron chi connectivity index (χ2n) is 5.03. The fourth-order valence-corrected chi connectivity index (χ4v) is 1.48. The van der Waals surface area contributed by atoms with Crippen LogP contribution < -0.4 is 5.46 Å². The predicted molar refractivity (Wildman–Crippen MR) is 70.5 cm³/mol. The van der Waals surface area contributed by atoms with Gasteiger partial charge in [0, 0.05) is 32.1 Å². The zero-order valence-corrected chi connectivity index (χ0v) is 10.3. The van der Waals surface area contributed by atoms with Crippen molar-refractivity contribution in [2.24, 2.45) is 0 Å². The molecule has 2 rings (SSSR count). The van der Waals surface area contributed by atoms with Gasteiger partial charge in [0.05, 0.1) is 16.7 Å². The average Bonchev–Trinajstić information content (AvgIpc) is 2.77. The van der Waals surface area contributed by atoms with Crippen LogP contribution in [-0.4, -0.2) is 22.9 Å². The van der Waals surface area contributed by atoms with Crippen molar-refractivity contribution >= 4 is 12.6 Å². The molecule has 0 unspecified atom stereocenters. The van der Waals surface area contributed by atoms with Crippen molar-refractivity contribution in [3.8, 4) is 0 Å². The Balaban J connectivity index is 2.73. The summed E-state index contributed by atoms with van der Waals surface area (Å²) in [6.45, 7) is 0.166. The molecule has 0 amide bonds. The van der Waals surface area contributed by atoms with E-state index >= 15 is 0 Å². The van der Waals surface area contributed by atoms with Crippen molar-refractivity contribution in [3.63, 3.8) is 0 Å². The SMILES string of the molecule is [2H]c1c(B2OC(C)(C)C(C)(C)O2)c([2H])n(C([2H])(C([2H])([2H])[2H])C([2H])([2H])[2H])c1[2H]. The Kier molecular flexibility index (Phi) is 1.17. The molecular weight excluding hydrogens is 213 g/mol. The van der Waals surface area contributed by atoms with E-state index in [4.69, 9.17) is 23.0 Å². The van der Waals surface area contributed by atoms with Gasteiger partial charge in [-0.15, -0.1) is 0 Å². The summed E-state index contributed by atoms with van der Waals surface area (Å²) in [6.07, 6.45) is -1.64. The molecule has 2 heterocycles. The third kappa shape index (κ3) is 2.16. The molecule has 0 aliphatic carbocycles. The zero-order valence-electron chi connectivity index (χ0n) is 20.3. The van der Waals surface area contributed by atoms with E-state index in [1.165, 1.54) is 0 Å². The minimum atomic E-state index is -3.39. The van der Waals surface area contributed by atoms with Crippen LogP contribution in [0.5, 0.6) is 0 Å². The molecule has 0 N–H and O–H groups in total. The maximum atomic E-state index is 8.29. The van der Waals surface area contributed by atoms with Gasteiger partial charge >= 0.3 is 7.12 Å². The first-order chi connectivity index (χ1) is 11.8. The first-order valence-electron chi connectivity index (χ1n) is 10.3. The van der Waals surface area contributed by atoms with Gasteiger partial charge in [-0.3, -0.25) is 0 Å². The Hall–Kier alpha value is -0.735. The van der Waals surface area contributed by atoms with Crippen LogP contribution in [0.25, 0.3) is 0 Å². The second-order valence-corrected chi connectivity index (χ2v) is 5.03. The van der Waals surface area contributed by atoms with Crippen molar-refractivity contribution < 1.29 is 23.0 Å². The molecule has 0 atom stereocenters. The van der Waals surface area contributed by atoms with Crippen LogP contribution in [0.2, 0.25) is 0 Å². The van der Waals surface area contributed by atoms with Crippen LogP contribution in [-0.2, 0) is 9.31 Å². The Morgan fingerprint density at radius 2 is 1.94 bits per heavy atom. The lowest BCUT2D eigenvalue weighted by molar-refractivity contribution is 0.00578. The molecule has 0 saturated carbocycles. The highest BCUT2D eigenvalue weighted by molar-refractivity contribution is 6.62. The Morgan fingerprint density at radius 3 is 2.47 bits per heavy atom. The topological polar surface area (TPSA) is 23.4 Å². The first kappa shape index (κ1) is 5.10. The Morgan fingerprint density at radius 1 is 1.35 bits per heavy atom. The first-order valence-corrected chi connectivity index (χ1v) is 5.34. The third-order valence-corrected chi connectivity index (χ3v) is 3.25. The Bertz CT molecular complexity index is 722. The molecule has 1 aliphatic rings. The highest BCUT2D eigenvalue weighted by atomic mass is 16.7. The molecular formula is C13H22BNO2. The molecule has 1 aromatic rings. The molecule has 0 aromatic carbocycles. The number of rotatable bonds is 2. The lowest BCUT2D eigenvalue weighted by atomic mass is 9.81. The fourth-order valence-electron chi connectivity index (χ4n) is 1.48. The normalized spacial score (nSPS) is 33.1. The quantitative estimate of drug-likeness (QED) is 0.747. The van der Waals surface area contributed by atoms with E-state index in [1.54, 1.807) is 27.7 Å². The summed E-state index contributed by atoms with van der Waals surface area (Å²) in [5, 5.41) is 0. The van der Waals surface area contributed by atoms with Crippen molar-refractivity contribution in [1.82, 2.24) is 4.57 Å². The van der Waals surface area contributed by atoms with E-state index in [2.05, 4.69) is 0 Å². The van der Waals surface area contributed by atoms with Crippen LogP contribution in [0, 0.1) is 0 Å². The van der Waals surface area contributed by atoms with Crippen molar-refractivity contribution in [1.29, 1.82) is 0 Å². The van der Waals surface area contributed by atoms with E-state index < -0.39 is 56.4 Å². The molecule has 1 aliphatic heterocycles. The molecule has 0 radical (unpaired) electrons. The van der Waals surface area contributed by atoms with Gasteiger partial charge in [-0.1, -0.05) is 0 Å². The number of nitrogens with zero attached hydrogens (tertiary/aromatic N) is 1. The minimum absolute atomic E-state index is 0.246. The highest BCUT2D eigenvalue weighted by Gasteiger charge is 2.51. The third-order valence-electron chi connectivity index (χ3n) is 3.25. The highest BCUT2D eigenvalue weighted by Crippen LogP contribution is 2.36. The molecule has 1 aromatic heterocycles. The van der Waals surface area contributed by atoms with Crippen LogP contribution in [0.3, 0.4) is 0 Å². The van der Waals surface area contributed by atoms with Gasteiger partial charge < -0.3 is 13.9 Å². The van der Waals surface area contributed by atoms with Gasteiger partial charge in [0.2, 0.25) is 0 Å². The van der Waals surface area contributed by atoms with Gasteiger partial charge in [0.25, 0.3) is 0 Å². The van der Waals surface area contributed by atoms with Crippen LogP contribution in [0.15, 0.2) is 18.4 Å². The second kappa shape index (κ2) is 3.89. The van der Waals surface area contributed by atoms with Crippen molar-refractivity contribution in [2.45, 2.75) is 58.6 Å². The zero-order chi connectivity index (χ0) is 21.4. The lowest BCUT2D eigenvalue weighted by Gasteiger charge is -2.32. The molecule has 4 heteroatoms. The van der Waals surface area contributed by atoms with Gasteiger partial charge in [0.15, 0.2) is 0 Å². The van der Waals surface area contributed by atoms with Crippen LogP contribution in [0.4, 0.5) is 0 Å². The van der Waals surface area contributed by atoms with E-state index in [0.717, 1.165) is 0 Å². The molecule has 0 bridgehead atoms. The maximum Gasteiger partial charge on any atom is 0.496 e. The molecule has 1 saturated heterocycles. The molecule has 1 fully saturated rings. The largest absolute Gasteiger partial charge is 0.496 e. The van der Waals surface area contributed by atoms with Gasteiger partial charge in [-0.25, -0.2) is 0 Å². The molecule has 3 nitrogen and oxygen atoms in total. The smallest absolute Gasteiger partial charge is 0.399 e. The van der Waals surface area contributed by atoms with Crippen LogP contribution >= 0.6 is 0 Å². The predicted octanol–water partition coefficient (Wildman–Crippen LogP) is 2.37. The van der Waals surface area contributed by atoms with E-state index in [9.17, 15) is 0 Å². The van der Waals surface area contributed by atoms with Crippen molar-refractivity contribution in [2.75, 3.05) is 0 Å².